The van der Waals surface area contributed by atoms with Crippen LogP contribution < -0.4 is 0 Å². The van der Waals surface area contributed by atoms with Crippen molar-refractivity contribution >= 4 is 5.97 Å². The van der Waals surface area contributed by atoms with Crippen LogP contribution >= 0.6 is 0 Å². The Hall–Kier alpha value is -0.830. The van der Waals surface area contributed by atoms with Crippen LogP contribution in [0.1, 0.15) is 110 Å². The second kappa shape index (κ2) is 18.0. The molecule has 148 valence electrons. The van der Waals surface area contributed by atoms with E-state index in [0.717, 1.165) is 44.9 Å². The predicted octanol–water partition coefficient (Wildman–Crippen LogP) is 6.50. The molecule has 1 unspecified atom stereocenters. The summed E-state index contributed by atoms with van der Waals surface area (Å²) in [7, 11) is 0. The van der Waals surface area contributed by atoms with Crippen molar-refractivity contribution in [1.82, 2.24) is 0 Å². The fourth-order valence-electron chi connectivity index (χ4n) is 3.12. The molecule has 0 aromatic rings. The predicted molar refractivity (Wildman–Crippen MR) is 107 cm³/mol. The number of carbonyl (C=O) groups is 1. The number of aliphatic hydroxyl groups is 1. The van der Waals surface area contributed by atoms with E-state index < -0.39 is 18.0 Å². The van der Waals surface area contributed by atoms with Gasteiger partial charge in [-0.2, -0.15) is 0 Å². The molecule has 0 saturated heterocycles. The molecule has 0 aromatic heterocycles. The molecular weight excluding hydrogens is 312 g/mol. The zero-order valence-electron chi connectivity index (χ0n) is 16.7. The van der Waals surface area contributed by atoms with Crippen molar-refractivity contribution in [3.63, 3.8) is 0 Å². The van der Waals surface area contributed by atoms with Crippen LogP contribution in [0.5, 0.6) is 0 Å². The van der Waals surface area contributed by atoms with Crippen LogP contribution in [-0.4, -0.2) is 22.3 Å². The Kier molecular flexibility index (Phi) is 17.4. The maximum Gasteiger partial charge on any atom is 0.310 e. The molecule has 25 heavy (non-hydrogen) atoms. The highest BCUT2D eigenvalue weighted by Crippen LogP contribution is 2.15. The fourth-order valence-corrected chi connectivity index (χ4v) is 3.12. The lowest BCUT2D eigenvalue weighted by molar-refractivity contribution is -0.140. The molecule has 0 aromatic carbocycles. The van der Waals surface area contributed by atoms with Gasteiger partial charge in [-0.05, 0) is 12.8 Å². The Bertz CT molecular complexity index is 325. The van der Waals surface area contributed by atoms with Gasteiger partial charge in [0, 0.05) is 0 Å². The van der Waals surface area contributed by atoms with Crippen molar-refractivity contribution < 1.29 is 15.0 Å². The largest absolute Gasteiger partial charge is 0.481 e. The Morgan fingerprint density at radius 1 is 0.720 bits per heavy atom. The van der Waals surface area contributed by atoms with Gasteiger partial charge in [0.25, 0.3) is 0 Å². The molecule has 0 heterocycles. The Morgan fingerprint density at radius 2 is 1.16 bits per heavy atom. The van der Waals surface area contributed by atoms with Crippen molar-refractivity contribution in [2.24, 2.45) is 5.92 Å². The number of unbranched alkanes of at least 4 members (excludes halogenated alkanes) is 11. The summed E-state index contributed by atoms with van der Waals surface area (Å²) in [4.78, 5) is 11.3. The molecule has 0 spiro atoms. The van der Waals surface area contributed by atoms with Crippen LogP contribution in [0.25, 0.3) is 0 Å². The number of rotatable bonds is 18. The van der Waals surface area contributed by atoms with E-state index in [2.05, 4.69) is 13.8 Å². The summed E-state index contributed by atoms with van der Waals surface area (Å²) < 4.78 is 0. The fraction of sp³-hybridized carbons (Fsp3) is 0.864. The lowest BCUT2D eigenvalue weighted by atomic mass is 9.99. The third-order valence-electron chi connectivity index (χ3n) is 4.85. The van der Waals surface area contributed by atoms with E-state index in [9.17, 15) is 15.0 Å². The quantitative estimate of drug-likeness (QED) is 0.218. The first kappa shape index (κ1) is 24.2. The van der Waals surface area contributed by atoms with Crippen LogP contribution in [0.3, 0.4) is 0 Å². The zero-order chi connectivity index (χ0) is 18.8. The molecule has 0 fully saturated rings. The summed E-state index contributed by atoms with van der Waals surface area (Å²) in [6, 6.07) is 0. The van der Waals surface area contributed by atoms with Crippen molar-refractivity contribution in [2.45, 2.75) is 116 Å². The first-order valence-corrected chi connectivity index (χ1v) is 10.7. The van der Waals surface area contributed by atoms with Gasteiger partial charge in [-0.3, -0.25) is 4.79 Å². The Balaban J connectivity index is 3.73. The second-order valence-electron chi connectivity index (χ2n) is 7.36. The Morgan fingerprint density at radius 3 is 1.68 bits per heavy atom. The molecular formula is C22H42O3. The summed E-state index contributed by atoms with van der Waals surface area (Å²) in [6.45, 7) is 4.39. The third kappa shape index (κ3) is 16.4. The molecule has 3 heteroatoms. The van der Waals surface area contributed by atoms with Gasteiger partial charge in [-0.15, -0.1) is 0 Å². The minimum atomic E-state index is -0.775. The molecule has 0 aliphatic rings. The monoisotopic (exact) mass is 354 g/mol. The van der Waals surface area contributed by atoms with Crippen molar-refractivity contribution in [3.8, 4) is 0 Å². The zero-order valence-corrected chi connectivity index (χ0v) is 16.7. The van der Waals surface area contributed by atoms with E-state index in [1.807, 2.05) is 0 Å². The van der Waals surface area contributed by atoms with Crippen LogP contribution in [0.2, 0.25) is 0 Å². The molecule has 2 N–H and O–H groups in total. The van der Waals surface area contributed by atoms with Crippen molar-refractivity contribution in [1.29, 1.82) is 0 Å². The topological polar surface area (TPSA) is 57.5 Å². The van der Waals surface area contributed by atoms with Gasteiger partial charge in [0.05, 0.1) is 12.0 Å². The number of aliphatic carboxylic acids is 1. The molecule has 0 bridgehead atoms. The molecule has 0 saturated carbocycles. The summed E-state index contributed by atoms with van der Waals surface area (Å²) in [5, 5.41) is 19.3. The van der Waals surface area contributed by atoms with E-state index in [-0.39, 0.29) is 0 Å². The smallest absolute Gasteiger partial charge is 0.310 e. The van der Waals surface area contributed by atoms with Crippen molar-refractivity contribution in [2.75, 3.05) is 0 Å². The van der Waals surface area contributed by atoms with Crippen LogP contribution in [0.15, 0.2) is 12.2 Å². The second-order valence-corrected chi connectivity index (χ2v) is 7.36. The Labute approximate surface area is 155 Å². The van der Waals surface area contributed by atoms with Crippen molar-refractivity contribution in [3.05, 3.63) is 12.2 Å². The lowest BCUT2D eigenvalue weighted by Crippen LogP contribution is -2.12. The minimum Gasteiger partial charge on any atom is -0.481 e. The molecule has 0 aliphatic heterocycles. The average Bonchev–Trinajstić information content (AvgIpc) is 2.59. The first-order valence-electron chi connectivity index (χ1n) is 10.7. The SMILES string of the molecule is CCCCCCCCCCCC(O)/C=C/[C@H](CCCCCC)C(=O)O. The molecule has 2 atom stereocenters. The highest BCUT2D eigenvalue weighted by molar-refractivity contribution is 5.72. The van der Waals surface area contributed by atoms with E-state index in [0.29, 0.717) is 6.42 Å². The highest BCUT2D eigenvalue weighted by Gasteiger charge is 2.13. The first-order chi connectivity index (χ1) is 12.1. The van der Waals surface area contributed by atoms with E-state index in [4.69, 9.17) is 0 Å². The van der Waals surface area contributed by atoms with Gasteiger partial charge in [0.15, 0.2) is 0 Å². The molecule has 0 amide bonds. The maximum atomic E-state index is 11.3. The standard InChI is InChI=1S/C22H42O3/c1-3-5-7-9-10-11-12-13-15-17-21(23)19-18-20(22(24)25)16-14-8-6-4-2/h18-21,23H,3-17H2,1-2H3,(H,24,25)/b19-18+/t20-,21?/m0/s1. The molecule has 3 nitrogen and oxygen atoms in total. The number of hydrogen-bond donors (Lipinski definition) is 2. The van der Waals surface area contributed by atoms with Gasteiger partial charge in [-0.1, -0.05) is 109 Å². The number of hydrogen-bond acceptors (Lipinski definition) is 2. The average molecular weight is 355 g/mol. The molecule has 0 radical (unpaired) electrons. The van der Waals surface area contributed by atoms with Gasteiger partial charge >= 0.3 is 5.97 Å². The summed E-state index contributed by atoms with van der Waals surface area (Å²) >= 11 is 0. The minimum absolute atomic E-state index is 0.449. The van der Waals surface area contributed by atoms with Crippen LogP contribution in [0.4, 0.5) is 0 Å². The highest BCUT2D eigenvalue weighted by atomic mass is 16.4. The molecule has 0 aliphatic carbocycles. The number of aliphatic hydroxyl groups excluding tert-OH is 1. The number of carboxylic acids is 1. The van der Waals surface area contributed by atoms with Crippen LogP contribution in [-0.2, 0) is 4.79 Å². The third-order valence-corrected chi connectivity index (χ3v) is 4.85. The maximum absolute atomic E-state index is 11.3. The van der Waals surface area contributed by atoms with E-state index >= 15 is 0 Å². The van der Waals surface area contributed by atoms with Gasteiger partial charge in [0.2, 0.25) is 0 Å². The summed E-state index contributed by atoms with van der Waals surface area (Å²) in [5.41, 5.74) is 0. The van der Waals surface area contributed by atoms with E-state index in [1.54, 1.807) is 12.2 Å². The van der Waals surface area contributed by atoms with Gasteiger partial charge in [0.1, 0.15) is 0 Å². The van der Waals surface area contributed by atoms with Crippen LogP contribution in [0, 0.1) is 5.92 Å². The van der Waals surface area contributed by atoms with Gasteiger partial charge < -0.3 is 10.2 Å². The summed E-state index contributed by atoms with van der Waals surface area (Å²) in [6.07, 6.45) is 20.1. The molecule has 0 rings (SSSR count). The summed E-state index contributed by atoms with van der Waals surface area (Å²) in [5.74, 6) is -1.22. The van der Waals surface area contributed by atoms with Gasteiger partial charge in [-0.25, -0.2) is 0 Å². The number of carboxylic acid groups (broad SMARTS) is 1. The normalized spacial score (nSPS) is 14.0. The lowest BCUT2D eigenvalue weighted by Gasteiger charge is -2.09. The van der Waals surface area contributed by atoms with E-state index in [1.165, 1.54) is 44.9 Å².